The molecule has 0 heterocycles. The molecule has 0 atom stereocenters. The molecule has 1 aliphatic rings. The fourth-order valence-electron chi connectivity index (χ4n) is 3.78. The Kier molecular flexibility index (Phi) is 8.24. The fraction of sp³-hybridized carbons (Fsp3) is 0.391. The average Bonchev–Trinajstić information content (AvgIpc) is 2.83. The molecule has 1 saturated carbocycles. The highest BCUT2D eigenvalue weighted by molar-refractivity contribution is 7.89. The van der Waals surface area contributed by atoms with E-state index in [1.165, 1.54) is 17.6 Å². The van der Waals surface area contributed by atoms with Crippen LogP contribution in [0.15, 0.2) is 58.5 Å². The van der Waals surface area contributed by atoms with Crippen LogP contribution in [-0.2, 0) is 14.8 Å². The van der Waals surface area contributed by atoms with E-state index < -0.39 is 15.9 Å². The highest BCUT2D eigenvalue weighted by Crippen LogP contribution is 2.27. The fourth-order valence-corrected chi connectivity index (χ4v) is 5.45. The number of nitrogens with zero attached hydrogens (tertiary/aromatic N) is 2. The average molecular weight is 460 g/mol. The minimum Gasteiger partial charge on any atom is -0.497 e. The number of hydrogen-bond donors (Lipinski definition) is 1. The van der Waals surface area contributed by atoms with Gasteiger partial charge in [-0.2, -0.15) is 9.41 Å². The standard InChI is InChI=1S/C23H29N3O5S/c1-30-20-14-13-18(22(15-20)31-2)16-24-25-23(27)17-26(19-9-5-3-6-10-19)32(28,29)21-11-7-4-8-12-21/h4,7-8,11-16,19H,3,5-6,9-10,17H2,1-2H3,(H,25,27)/b24-16+. The van der Waals surface area contributed by atoms with Crippen LogP contribution in [0.2, 0.25) is 0 Å². The molecule has 2 aromatic carbocycles. The monoisotopic (exact) mass is 459 g/mol. The number of rotatable bonds is 9. The van der Waals surface area contributed by atoms with E-state index in [9.17, 15) is 13.2 Å². The highest BCUT2D eigenvalue weighted by Gasteiger charge is 2.33. The van der Waals surface area contributed by atoms with Crippen molar-refractivity contribution >= 4 is 22.1 Å². The summed E-state index contributed by atoms with van der Waals surface area (Å²) < 4.78 is 38.4. The number of carbonyl (C=O) groups is 1. The van der Waals surface area contributed by atoms with Crippen molar-refractivity contribution in [2.45, 2.75) is 43.0 Å². The maximum atomic E-state index is 13.3. The molecule has 0 unspecified atom stereocenters. The van der Waals surface area contributed by atoms with E-state index in [0.717, 1.165) is 32.1 Å². The van der Waals surface area contributed by atoms with Crippen LogP contribution in [0.25, 0.3) is 0 Å². The van der Waals surface area contributed by atoms with Crippen LogP contribution >= 0.6 is 0 Å². The van der Waals surface area contributed by atoms with Gasteiger partial charge in [0.25, 0.3) is 5.91 Å². The number of hydrazone groups is 1. The smallest absolute Gasteiger partial charge is 0.255 e. The van der Waals surface area contributed by atoms with Gasteiger partial charge >= 0.3 is 0 Å². The summed E-state index contributed by atoms with van der Waals surface area (Å²) in [6, 6.07) is 13.2. The summed E-state index contributed by atoms with van der Waals surface area (Å²) >= 11 is 0. The molecule has 0 saturated heterocycles. The summed E-state index contributed by atoms with van der Waals surface area (Å²) in [5.74, 6) is 0.675. The van der Waals surface area contributed by atoms with Crippen LogP contribution in [0.3, 0.4) is 0 Å². The second-order valence-electron chi connectivity index (χ2n) is 7.56. The van der Waals surface area contributed by atoms with E-state index in [0.29, 0.717) is 17.1 Å². The number of nitrogens with one attached hydrogen (secondary N) is 1. The number of benzene rings is 2. The van der Waals surface area contributed by atoms with Gasteiger partial charge in [0, 0.05) is 17.7 Å². The van der Waals surface area contributed by atoms with Gasteiger partial charge in [0.2, 0.25) is 10.0 Å². The topological polar surface area (TPSA) is 97.3 Å². The Balaban J connectivity index is 1.74. The van der Waals surface area contributed by atoms with E-state index >= 15 is 0 Å². The van der Waals surface area contributed by atoms with Crippen LogP contribution in [0.5, 0.6) is 11.5 Å². The van der Waals surface area contributed by atoms with Gasteiger partial charge in [-0.25, -0.2) is 13.8 Å². The van der Waals surface area contributed by atoms with Crippen molar-refractivity contribution in [2.75, 3.05) is 20.8 Å². The largest absolute Gasteiger partial charge is 0.497 e. The van der Waals surface area contributed by atoms with E-state index in [1.54, 1.807) is 55.6 Å². The predicted molar refractivity (Wildman–Crippen MR) is 122 cm³/mol. The Morgan fingerprint density at radius 1 is 1.09 bits per heavy atom. The summed E-state index contributed by atoms with van der Waals surface area (Å²) in [7, 11) is -0.716. The summed E-state index contributed by atoms with van der Waals surface area (Å²) in [5.41, 5.74) is 3.09. The van der Waals surface area contributed by atoms with E-state index in [4.69, 9.17) is 9.47 Å². The number of methoxy groups -OCH3 is 2. The highest BCUT2D eigenvalue weighted by atomic mass is 32.2. The summed E-state index contributed by atoms with van der Waals surface area (Å²) in [4.78, 5) is 12.8. The molecule has 0 aromatic heterocycles. The number of sulfonamides is 1. The first-order valence-electron chi connectivity index (χ1n) is 10.6. The third-order valence-electron chi connectivity index (χ3n) is 5.46. The molecule has 1 fully saturated rings. The van der Waals surface area contributed by atoms with E-state index in [2.05, 4.69) is 10.5 Å². The van der Waals surface area contributed by atoms with Gasteiger partial charge in [0.1, 0.15) is 11.5 Å². The molecular weight excluding hydrogens is 430 g/mol. The van der Waals surface area contributed by atoms with Gasteiger partial charge < -0.3 is 9.47 Å². The quantitative estimate of drug-likeness (QED) is 0.459. The Morgan fingerprint density at radius 2 is 1.81 bits per heavy atom. The lowest BCUT2D eigenvalue weighted by atomic mass is 9.95. The number of amides is 1. The normalized spacial score (nSPS) is 15.1. The maximum absolute atomic E-state index is 13.3. The van der Waals surface area contributed by atoms with Crippen molar-refractivity contribution in [3.8, 4) is 11.5 Å². The molecule has 32 heavy (non-hydrogen) atoms. The summed E-state index contributed by atoms with van der Waals surface area (Å²) in [5, 5.41) is 3.99. The lowest BCUT2D eigenvalue weighted by Crippen LogP contribution is -2.46. The molecule has 3 rings (SSSR count). The molecule has 0 aliphatic heterocycles. The van der Waals surface area contributed by atoms with Gasteiger partial charge in [0.05, 0.1) is 31.9 Å². The van der Waals surface area contributed by atoms with Crippen molar-refractivity contribution in [3.05, 3.63) is 54.1 Å². The van der Waals surface area contributed by atoms with Crippen LogP contribution in [0.4, 0.5) is 0 Å². The number of ether oxygens (including phenoxy) is 2. The first-order valence-corrected chi connectivity index (χ1v) is 12.0. The maximum Gasteiger partial charge on any atom is 0.255 e. The minimum absolute atomic E-state index is 0.185. The zero-order valence-electron chi connectivity index (χ0n) is 18.4. The first kappa shape index (κ1) is 23.7. The van der Waals surface area contributed by atoms with Crippen LogP contribution < -0.4 is 14.9 Å². The molecule has 0 spiro atoms. The van der Waals surface area contributed by atoms with Crippen LogP contribution in [0.1, 0.15) is 37.7 Å². The Bertz CT molecular complexity index is 1030. The zero-order chi connectivity index (χ0) is 23.0. The second-order valence-corrected chi connectivity index (χ2v) is 9.45. The van der Waals surface area contributed by atoms with Gasteiger partial charge in [-0.1, -0.05) is 37.5 Å². The lowest BCUT2D eigenvalue weighted by Gasteiger charge is -2.32. The Labute approximate surface area is 189 Å². The molecule has 1 amide bonds. The van der Waals surface area contributed by atoms with Gasteiger partial charge in [0.15, 0.2) is 0 Å². The molecule has 8 nitrogen and oxygen atoms in total. The third-order valence-corrected chi connectivity index (χ3v) is 7.38. The van der Waals surface area contributed by atoms with Crippen LogP contribution in [-0.4, -0.2) is 51.7 Å². The molecule has 9 heteroatoms. The molecule has 0 radical (unpaired) electrons. The molecule has 172 valence electrons. The van der Waals surface area contributed by atoms with E-state index in [-0.39, 0.29) is 17.5 Å². The van der Waals surface area contributed by atoms with Crippen molar-refractivity contribution in [1.29, 1.82) is 0 Å². The number of hydrogen-bond acceptors (Lipinski definition) is 6. The first-order chi connectivity index (χ1) is 15.5. The lowest BCUT2D eigenvalue weighted by molar-refractivity contribution is -0.121. The SMILES string of the molecule is COc1ccc(/C=N/NC(=O)CN(C2CCCCC2)S(=O)(=O)c2ccccc2)c(OC)c1. The third kappa shape index (κ3) is 5.86. The number of carbonyl (C=O) groups excluding carboxylic acids is 1. The minimum atomic E-state index is -3.80. The Morgan fingerprint density at radius 3 is 2.47 bits per heavy atom. The summed E-state index contributed by atoms with van der Waals surface area (Å²) in [6.45, 7) is -0.293. The van der Waals surface area contributed by atoms with E-state index in [1.807, 2.05) is 0 Å². The van der Waals surface area contributed by atoms with Crippen molar-refractivity contribution in [1.82, 2.24) is 9.73 Å². The van der Waals surface area contributed by atoms with Crippen molar-refractivity contribution < 1.29 is 22.7 Å². The second kappa shape index (κ2) is 11.1. The molecule has 1 N–H and O–H groups in total. The zero-order valence-corrected chi connectivity index (χ0v) is 19.2. The van der Waals surface area contributed by atoms with Crippen molar-refractivity contribution in [3.63, 3.8) is 0 Å². The molecule has 0 bridgehead atoms. The molecule has 2 aromatic rings. The van der Waals surface area contributed by atoms with Crippen molar-refractivity contribution in [2.24, 2.45) is 5.10 Å². The molecular formula is C23H29N3O5S. The van der Waals surface area contributed by atoms with Gasteiger partial charge in [-0.3, -0.25) is 4.79 Å². The predicted octanol–water partition coefficient (Wildman–Crippen LogP) is 3.18. The van der Waals surface area contributed by atoms with Crippen LogP contribution in [0, 0.1) is 0 Å². The summed E-state index contributed by atoms with van der Waals surface area (Å²) in [6.07, 6.45) is 5.91. The molecule has 1 aliphatic carbocycles. The Hall–Kier alpha value is -2.91. The van der Waals surface area contributed by atoms with Gasteiger partial charge in [-0.15, -0.1) is 0 Å². The van der Waals surface area contributed by atoms with Gasteiger partial charge in [-0.05, 0) is 37.1 Å².